The van der Waals surface area contributed by atoms with E-state index in [0.29, 0.717) is 31.3 Å². The molecule has 1 fully saturated rings. The van der Waals surface area contributed by atoms with Crippen LogP contribution in [0.1, 0.15) is 18.0 Å². The van der Waals surface area contributed by atoms with Crippen LogP contribution in [0.4, 0.5) is 0 Å². The molecular weight excluding hydrogens is 366 g/mol. The van der Waals surface area contributed by atoms with Gasteiger partial charge in [-0.1, -0.05) is 29.8 Å². The zero-order chi connectivity index (χ0) is 19.1. The summed E-state index contributed by atoms with van der Waals surface area (Å²) in [6.07, 6.45) is 1.96. The first-order chi connectivity index (χ1) is 13.1. The number of ether oxygens (including phenoxy) is 1. The molecule has 3 rings (SSSR count). The first-order valence-electron chi connectivity index (χ1n) is 9.13. The van der Waals surface area contributed by atoms with E-state index in [-0.39, 0.29) is 23.9 Å². The molecule has 1 aliphatic heterocycles. The fraction of sp³-hybridized carbons (Fsp3) is 0.400. The molecule has 1 aromatic carbocycles. The highest BCUT2D eigenvalue weighted by atomic mass is 35.5. The van der Waals surface area contributed by atoms with Crippen molar-refractivity contribution in [2.75, 3.05) is 32.8 Å². The van der Waals surface area contributed by atoms with Crippen LogP contribution in [-0.4, -0.2) is 48.2 Å². The standard InChI is InChI=1S/C20H24ClN3O3/c21-17-6-4-16(5-7-17)18(23-11-13-27-14-12-23)15-22-19(25)8-10-24-9-2-1-3-20(24)26/h1-7,9,18H,8,10-15H2,(H,22,25). The van der Waals surface area contributed by atoms with Crippen LogP contribution >= 0.6 is 11.6 Å². The quantitative estimate of drug-likeness (QED) is 0.787. The largest absolute Gasteiger partial charge is 0.379 e. The number of benzene rings is 1. The third-order valence-corrected chi connectivity index (χ3v) is 4.96. The van der Waals surface area contributed by atoms with Gasteiger partial charge in [-0.3, -0.25) is 14.5 Å². The highest BCUT2D eigenvalue weighted by Gasteiger charge is 2.23. The van der Waals surface area contributed by atoms with Crippen LogP contribution in [0.3, 0.4) is 0 Å². The van der Waals surface area contributed by atoms with E-state index in [4.69, 9.17) is 16.3 Å². The number of hydrogen-bond acceptors (Lipinski definition) is 4. The van der Waals surface area contributed by atoms with E-state index < -0.39 is 0 Å². The van der Waals surface area contributed by atoms with Crippen molar-refractivity contribution < 1.29 is 9.53 Å². The molecule has 0 aliphatic carbocycles. The summed E-state index contributed by atoms with van der Waals surface area (Å²) in [5, 5.41) is 3.70. The van der Waals surface area contributed by atoms with Gasteiger partial charge in [0.2, 0.25) is 5.91 Å². The third-order valence-electron chi connectivity index (χ3n) is 4.71. The van der Waals surface area contributed by atoms with Gasteiger partial charge >= 0.3 is 0 Å². The van der Waals surface area contributed by atoms with Crippen LogP contribution in [0.25, 0.3) is 0 Å². The molecular formula is C20H24ClN3O3. The Bertz CT molecular complexity index is 801. The van der Waals surface area contributed by atoms with Crippen LogP contribution in [0, 0.1) is 0 Å². The van der Waals surface area contributed by atoms with Crippen molar-refractivity contribution in [3.05, 3.63) is 69.6 Å². The number of hydrogen-bond donors (Lipinski definition) is 1. The highest BCUT2D eigenvalue weighted by molar-refractivity contribution is 6.30. The van der Waals surface area contributed by atoms with E-state index in [1.54, 1.807) is 18.3 Å². The number of halogens is 1. The Kier molecular flexibility index (Phi) is 7.04. The summed E-state index contributed by atoms with van der Waals surface area (Å²) in [7, 11) is 0. The summed E-state index contributed by atoms with van der Waals surface area (Å²) in [5.74, 6) is -0.0713. The molecule has 1 saturated heterocycles. The van der Waals surface area contributed by atoms with E-state index in [1.165, 1.54) is 10.6 Å². The van der Waals surface area contributed by atoms with Crippen LogP contribution in [0.15, 0.2) is 53.5 Å². The maximum atomic E-state index is 12.3. The smallest absolute Gasteiger partial charge is 0.250 e. The van der Waals surface area contributed by atoms with Gasteiger partial charge in [-0.2, -0.15) is 0 Å². The molecule has 27 heavy (non-hydrogen) atoms. The molecule has 1 aromatic heterocycles. The monoisotopic (exact) mass is 389 g/mol. The van der Waals surface area contributed by atoms with Gasteiger partial charge in [0.05, 0.1) is 19.3 Å². The molecule has 7 heteroatoms. The van der Waals surface area contributed by atoms with Gasteiger partial charge in [-0.15, -0.1) is 0 Å². The molecule has 1 aliphatic rings. The second-order valence-corrected chi connectivity index (χ2v) is 6.94. The number of nitrogens with one attached hydrogen (secondary N) is 1. The fourth-order valence-corrected chi connectivity index (χ4v) is 3.32. The minimum Gasteiger partial charge on any atom is -0.379 e. The van der Waals surface area contributed by atoms with Crippen LogP contribution in [0.5, 0.6) is 0 Å². The summed E-state index contributed by atoms with van der Waals surface area (Å²) in [6.45, 7) is 3.90. The summed E-state index contributed by atoms with van der Waals surface area (Å²) in [4.78, 5) is 26.3. The third kappa shape index (κ3) is 5.66. The Hall–Kier alpha value is -2.15. The summed E-state index contributed by atoms with van der Waals surface area (Å²) < 4.78 is 6.99. The first kappa shape index (κ1) is 19.6. The van der Waals surface area contributed by atoms with Gasteiger partial charge in [-0.25, -0.2) is 0 Å². The van der Waals surface area contributed by atoms with Crippen molar-refractivity contribution in [2.24, 2.45) is 0 Å². The number of carbonyl (C=O) groups excluding carboxylic acids is 1. The average Bonchev–Trinajstić information content (AvgIpc) is 2.69. The minimum atomic E-state index is -0.0994. The van der Waals surface area contributed by atoms with Crippen molar-refractivity contribution in [3.63, 3.8) is 0 Å². The van der Waals surface area contributed by atoms with E-state index in [9.17, 15) is 9.59 Å². The van der Waals surface area contributed by atoms with Gasteiger partial charge in [0.25, 0.3) is 5.56 Å². The molecule has 1 atom stereocenters. The number of nitrogens with zero attached hydrogens (tertiary/aromatic N) is 2. The highest BCUT2D eigenvalue weighted by Crippen LogP contribution is 2.23. The Labute approximate surface area is 163 Å². The first-order valence-corrected chi connectivity index (χ1v) is 9.51. The zero-order valence-corrected chi connectivity index (χ0v) is 15.9. The normalized spacial score (nSPS) is 16.0. The lowest BCUT2D eigenvalue weighted by molar-refractivity contribution is -0.121. The van der Waals surface area contributed by atoms with Crippen molar-refractivity contribution >= 4 is 17.5 Å². The summed E-state index contributed by atoms with van der Waals surface area (Å²) in [6, 6.07) is 12.8. The fourth-order valence-electron chi connectivity index (χ4n) is 3.20. The van der Waals surface area contributed by atoms with Crippen LogP contribution in [-0.2, 0) is 16.1 Å². The lowest BCUT2D eigenvalue weighted by Gasteiger charge is -2.35. The predicted octanol–water partition coefficient (Wildman–Crippen LogP) is 2.08. The number of pyridine rings is 1. The second-order valence-electron chi connectivity index (χ2n) is 6.50. The van der Waals surface area contributed by atoms with Crippen molar-refractivity contribution in [3.8, 4) is 0 Å². The molecule has 1 amide bonds. The molecule has 6 nitrogen and oxygen atoms in total. The van der Waals surface area contributed by atoms with Gasteiger partial charge in [0.15, 0.2) is 0 Å². The maximum Gasteiger partial charge on any atom is 0.250 e. The molecule has 0 bridgehead atoms. The molecule has 2 heterocycles. The number of aromatic nitrogens is 1. The van der Waals surface area contributed by atoms with Crippen molar-refractivity contribution in [1.29, 1.82) is 0 Å². The molecule has 0 spiro atoms. The topological polar surface area (TPSA) is 63.6 Å². The molecule has 0 saturated carbocycles. The molecule has 0 radical (unpaired) electrons. The molecule has 1 unspecified atom stereocenters. The average molecular weight is 390 g/mol. The zero-order valence-electron chi connectivity index (χ0n) is 15.1. The Morgan fingerprint density at radius 3 is 2.59 bits per heavy atom. The number of carbonyl (C=O) groups is 1. The van der Waals surface area contributed by atoms with E-state index in [1.807, 2.05) is 24.3 Å². The van der Waals surface area contributed by atoms with Gasteiger partial charge in [-0.05, 0) is 23.8 Å². The molecule has 1 N–H and O–H groups in total. The second kappa shape index (κ2) is 9.69. The van der Waals surface area contributed by atoms with E-state index in [0.717, 1.165) is 18.7 Å². The van der Waals surface area contributed by atoms with Crippen LogP contribution in [0.2, 0.25) is 5.02 Å². The maximum absolute atomic E-state index is 12.3. The van der Waals surface area contributed by atoms with Crippen LogP contribution < -0.4 is 10.9 Å². The van der Waals surface area contributed by atoms with E-state index >= 15 is 0 Å². The number of amides is 1. The molecule has 144 valence electrons. The Morgan fingerprint density at radius 1 is 1.15 bits per heavy atom. The Morgan fingerprint density at radius 2 is 1.89 bits per heavy atom. The van der Waals surface area contributed by atoms with Crippen molar-refractivity contribution in [1.82, 2.24) is 14.8 Å². The van der Waals surface area contributed by atoms with Crippen molar-refractivity contribution in [2.45, 2.75) is 19.0 Å². The minimum absolute atomic E-state index is 0.0644. The van der Waals surface area contributed by atoms with Gasteiger partial charge in [0.1, 0.15) is 0 Å². The molecule has 2 aromatic rings. The SMILES string of the molecule is O=C(CCn1ccccc1=O)NCC(c1ccc(Cl)cc1)N1CCOCC1. The summed E-state index contributed by atoms with van der Waals surface area (Å²) >= 11 is 6.01. The lowest BCUT2D eigenvalue weighted by atomic mass is 10.0. The lowest BCUT2D eigenvalue weighted by Crippen LogP contribution is -2.44. The van der Waals surface area contributed by atoms with E-state index in [2.05, 4.69) is 10.2 Å². The van der Waals surface area contributed by atoms with Gasteiger partial charge in [0, 0.05) is 49.9 Å². The summed E-state index contributed by atoms with van der Waals surface area (Å²) in [5.41, 5.74) is 1.01. The number of morpholine rings is 1. The Balaban J connectivity index is 1.60. The predicted molar refractivity (Wildman–Crippen MR) is 105 cm³/mol. The number of rotatable bonds is 7. The van der Waals surface area contributed by atoms with Gasteiger partial charge < -0.3 is 14.6 Å². The number of aryl methyl sites for hydroxylation is 1.